The monoisotopic (exact) mass is 449 g/mol. The predicted molar refractivity (Wildman–Crippen MR) is 120 cm³/mol. The molecule has 0 aliphatic heterocycles. The van der Waals surface area contributed by atoms with Crippen LogP contribution in [0, 0.1) is 31.0 Å². The molecule has 0 saturated carbocycles. The first-order chi connectivity index (χ1) is 15.5. The number of nitrogens with one attached hydrogen (secondary N) is 2. The van der Waals surface area contributed by atoms with Gasteiger partial charge in [0.1, 0.15) is 23.5 Å². The molecular weight excluding hydrogens is 429 g/mol. The van der Waals surface area contributed by atoms with Crippen molar-refractivity contribution in [3.63, 3.8) is 0 Å². The number of halogens is 1. The molecule has 1 aromatic carbocycles. The number of benzene rings is 1. The zero-order valence-corrected chi connectivity index (χ0v) is 18.3. The number of carbonyl (C=O) groups excluding carboxylic acids is 1. The van der Waals surface area contributed by atoms with Crippen molar-refractivity contribution in [2.24, 2.45) is 0 Å². The van der Waals surface area contributed by atoms with E-state index in [2.05, 4.69) is 21.4 Å². The summed E-state index contributed by atoms with van der Waals surface area (Å²) in [5.74, 6) is 0.714. The molecule has 0 bridgehead atoms. The second-order valence-corrected chi connectivity index (χ2v) is 8.12. The molecule has 0 saturated heterocycles. The third-order valence-corrected chi connectivity index (χ3v) is 6.03. The molecule has 0 aliphatic carbocycles. The average Bonchev–Trinajstić information content (AvgIpc) is 3.51. The molecule has 9 heteroatoms. The van der Waals surface area contributed by atoms with Gasteiger partial charge in [0.15, 0.2) is 5.16 Å². The highest BCUT2D eigenvalue weighted by Gasteiger charge is 2.20. The maximum absolute atomic E-state index is 13.1. The van der Waals surface area contributed by atoms with E-state index in [1.807, 2.05) is 24.5 Å². The molecule has 32 heavy (non-hydrogen) atoms. The molecule has 4 aromatic rings. The summed E-state index contributed by atoms with van der Waals surface area (Å²) in [6.07, 6.45) is 3.23. The molecule has 1 amide bonds. The fourth-order valence-corrected chi connectivity index (χ4v) is 3.99. The number of imidazole rings is 1. The van der Waals surface area contributed by atoms with Gasteiger partial charge in [0, 0.05) is 5.69 Å². The zero-order chi connectivity index (χ0) is 22.7. The Morgan fingerprint density at radius 2 is 2.09 bits per heavy atom. The molecule has 7 nitrogen and oxygen atoms in total. The molecule has 0 unspecified atom stereocenters. The Balaban J connectivity index is 1.46. The number of anilines is 1. The highest BCUT2D eigenvalue weighted by molar-refractivity contribution is 7.99. The third kappa shape index (κ3) is 4.45. The quantitative estimate of drug-likeness (QED) is 0.392. The molecule has 0 aliphatic rings. The van der Waals surface area contributed by atoms with Gasteiger partial charge >= 0.3 is 0 Å². The van der Waals surface area contributed by atoms with Gasteiger partial charge in [0.25, 0.3) is 0 Å². The van der Waals surface area contributed by atoms with Crippen LogP contribution in [0.25, 0.3) is 11.3 Å². The Morgan fingerprint density at radius 3 is 2.78 bits per heavy atom. The van der Waals surface area contributed by atoms with E-state index in [-0.39, 0.29) is 17.5 Å². The number of thioether (sulfide) groups is 1. The third-order valence-electron chi connectivity index (χ3n) is 5.14. The lowest BCUT2D eigenvalue weighted by Gasteiger charge is -2.11. The van der Waals surface area contributed by atoms with Crippen molar-refractivity contribution in [2.75, 3.05) is 11.1 Å². The SMILES string of the molecule is Cc1c(C#N)c(NC(=O)CSc2ncc(-c3ccc(F)cc3)[nH]2)n(Cc2ccco2)c1C. The van der Waals surface area contributed by atoms with Crippen LogP contribution in [0.3, 0.4) is 0 Å². The van der Waals surface area contributed by atoms with Gasteiger partial charge in [0.2, 0.25) is 5.91 Å². The number of rotatable bonds is 7. The van der Waals surface area contributed by atoms with E-state index in [0.717, 1.165) is 28.3 Å². The lowest BCUT2D eigenvalue weighted by Crippen LogP contribution is -2.18. The Kier molecular flexibility index (Phi) is 6.14. The van der Waals surface area contributed by atoms with E-state index in [9.17, 15) is 14.4 Å². The number of amides is 1. The van der Waals surface area contributed by atoms with E-state index < -0.39 is 0 Å². The number of nitrogens with zero attached hydrogens (tertiary/aromatic N) is 3. The van der Waals surface area contributed by atoms with E-state index >= 15 is 0 Å². The van der Waals surface area contributed by atoms with Crippen LogP contribution < -0.4 is 5.32 Å². The molecule has 0 radical (unpaired) electrons. The number of carbonyl (C=O) groups is 1. The summed E-state index contributed by atoms with van der Waals surface area (Å²) in [5.41, 5.74) is 3.67. The summed E-state index contributed by atoms with van der Waals surface area (Å²) >= 11 is 1.24. The summed E-state index contributed by atoms with van der Waals surface area (Å²) in [6.45, 7) is 4.17. The molecular formula is C23H20FN5O2S. The number of aromatic amines is 1. The number of hydrogen-bond donors (Lipinski definition) is 2. The molecule has 162 valence electrons. The maximum atomic E-state index is 13.1. The van der Waals surface area contributed by atoms with E-state index in [1.165, 1.54) is 23.9 Å². The second-order valence-electron chi connectivity index (χ2n) is 7.16. The van der Waals surface area contributed by atoms with Gasteiger partial charge in [-0.2, -0.15) is 5.26 Å². The van der Waals surface area contributed by atoms with Crippen molar-refractivity contribution in [2.45, 2.75) is 25.5 Å². The molecule has 0 fully saturated rings. The Morgan fingerprint density at radius 1 is 1.31 bits per heavy atom. The van der Waals surface area contributed by atoms with Crippen LogP contribution in [0.1, 0.15) is 22.6 Å². The number of nitriles is 1. The van der Waals surface area contributed by atoms with Crippen molar-refractivity contribution >= 4 is 23.5 Å². The van der Waals surface area contributed by atoms with Gasteiger partial charge in [-0.1, -0.05) is 11.8 Å². The minimum atomic E-state index is -0.307. The van der Waals surface area contributed by atoms with E-state index in [1.54, 1.807) is 30.7 Å². The number of furan rings is 1. The summed E-state index contributed by atoms with van der Waals surface area (Å²) in [7, 11) is 0. The van der Waals surface area contributed by atoms with Crippen LogP contribution in [0.5, 0.6) is 0 Å². The van der Waals surface area contributed by atoms with Crippen LogP contribution in [0.4, 0.5) is 10.2 Å². The first kappa shape index (κ1) is 21.5. The number of aromatic nitrogens is 3. The molecule has 3 heterocycles. The van der Waals surface area contributed by atoms with Gasteiger partial charge in [-0.25, -0.2) is 9.37 Å². The second kappa shape index (κ2) is 9.16. The Hall–Kier alpha value is -3.77. The van der Waals surface area contributed by atoms with Gasteiger partial charge in [-0.05, 0) is 61.4 Å². The Bertz CT molecular complexity index is 1280. The van der Waals surface area contributed by atoms with Crippen molar-refractivity contribution < 1.29 is 13.6 Å². The van der Waals surface area contributed by atoms with Gasteiger partial charge in [0.05, 0.1) is 36.0 Å². The minimum absolute atomic E-state index is 0.102. The minimum Gasteiger partial charge on any atom is -0.467 e. The molecule has 0 atom stereocenters. The van der Waals surface area contributed by atoms with E-state index in [4.69, 9.17) is 4.42 Å². The molecule has 4 rings (SSSR count). The number of hydrogen-bond acceptors (Lipinski definition) is 5. The topological polar surface area (TPSA) is 99.6 Å². The normalized spacial score (nSPS) is 10.8. The molecule has 2 N–H and O–H groups in total. The fourth-order valence-electron chi connectivity index (χ4n) is 3.34. The van der Waals surface area contributed by atoms with Gasteiger partial charge in [-0.15, -0.1) is 0 Å². The van der Waals surface area contributed by atoms with Crippen molar-refractivity contribution in [3.05, 3.63) is 77.3 Å². The smallest absolute Gasteiger partial charge is 0.235 e. The lowest BCUT2D eigenvalue weighted by molar-refractivity contribution is -0.113. The summed E-state index contributed by atoms with van der Waals surface area (Å²) in [6, 6.07) is 11.9. The van der Waals surface area contributed by atoms with Crippen LogP contribution >= 0.6 is 11.8 Å². The summed E-state index contributed by atoms with van der Waals surface area (Å²) < 4.78 is 20.4. The summed E-state index contributed by atoms with van der Waals surface area (Å²) in [4.78, 5) is 20.1. The number of H-pyrrole nitrogens is 1. The van der Waals surface area contributed by atoms with Crippen LogP contribution in [0.2, 0.25) is 0 Å². The fraction of sp³-hybridized carbons (Fsp3) is 0.174. The maximum Gasteiger partial charge on any atom is 0.235 e. The lowest BCUT2D eigenvalue weighted by atomic mass is 10.2. The first-order valence-corrected chi connectivity index (χ1v) is 10.8. The van der Waals surface area contributed by atoms with Crippen molar-refractivity contribution in [3.8, 4) is 17.3 Å². The standard InChI is InChI=1S/C23H20FN5O2S/c1-14-15(2)29(12-18-4-3-9-31-18)22(19(14)10-25)28-21(30)13-32-23-26-11-20(27-23)16-5-7-17(24)8-6-16/h3-9,11H,12-13H2,1-2H3,(H,26,27)(H,28,30). The van der Waals surface area contributed by atoms with Crippen LogP contribution in [-0.4, -0.2) is 26.2 Å². The van der Waals surface area contributed by atoms with Gasteiger partial charge in [-0.3, -0.25) is 4.79 Å². The first-order valence-electron chi connectivity index (χ1n) is 9.82. The average molecular weight is 450 g/mol. The highest BCUT2D eigenvalue weighted by Crippen LogP contribution is 2.28. The largest absolute Gasteiger partial charge is 0.467 e. The van der Waals surface area contributed by atoms with Crippen LogP contribution in [-0.2, 0) is 11.3 Å². The molecule has 0 spiro atoms. The van der Waals surface area contributed by atoms with Crippen molar-refractivity contribution in [1.29, 1.82) is 5.26 Å². The van der Waals surface area contributed by atoms with Gasteiger partial charge < -0.3 is 19.3 Å². The van der Waals surface area contributed by atoms with Crippen molar-refractivity contribution in [1.82, 2.24) is 14.5 Å². The van der Waals surface area contributed by atoms with Crippen LogP contribution in [0.15, 0.2) is 58.4 Å². The highest BCUT2D eigenvalue weighted by atomic mass is 32.2. The molecule has 3 aromatic heterocycles. The Labute approximate surface area is 188 Å². The predicted octanol–water partition coefficient (Wildman–Crippen LogP) is 4.88. The van der Waals surface area contributed by atoms with E-state index in [0.29, 0.717) is 23.1 Å². The zero-order valence-electron chi connectivity index (χ0n) is 17.5. The summed E-state index contributed by atoms with van der Waals surface area (Å²) in [5, 5.41) is 13.1.